The van der Waals surface area contributed by atoms with E-state index in [1.54, 1.807) is 18.3 Å². The van der Waals surface area contributed by atoms with E-state index in [9.17, 15) is 5.11 Å². The number of aliphatic hydroxyl groups excluding tert-OH is 1. The summed E-state index contributed by atoms with van der Waals surface area (Å²) in [6, 6.07) is 0. The maximum absolute atomic E-state index is 9.21. The van der Waals surface area contributed by atoms with Crippen LogP contribution in [0.3, 0.4) is 0 Å². The summed E-state index contributed by atoms with van der Waals surface area (Å²) in [4.78, 5) is 1.06. The van der Waals surface area contributed by atoms with E-state index >= 15 is 0 Å². The third kappa shape index (κ3) is 2.38. The third-order valence-electron chi connectivity index (χ3n) is 1.60. The van der Waals surface area contributed by atoms with Crippen LogP contribution in [0.25, 0.3) is 0 Å². The summed E-state index contributed by atoms with van der Waals surface area (Å²) in [5.41, 5.74) is 3.15. The maximum atomic E-state index is 9.21. The molecule has 0 aliphatic carbocycles. The smallest absolute Gasteiger partial charge is 0.225 e. The number of hydrogen-bond donors (Lipinski definition) is 1. The van der Waals surface area contributed by atoms with Crippen LogP contribution >= 0.6 is 11.3 Å². The molecule has 0 aromatic carbocycles. The quantitative estimate of drug-likeness (QED) is 0.466. The third-order valence-corrected chi connectivity index (χ3v) is 2.91. The Morgan fingerprint density at radius 3 is 2.36 bits per heavy atom. The Balaban J connectivity index is 0.000001000. The molecule has 1 aromatic rings. The number of aryl methyl sites for hydroxylation is 1. The summed E-state index contributed by atoms with van der Waals surface area (Å²) in [5.74, 6) is 0. The van der Waals surface area contributed by atoms with Crippen LogP contribution in [0.15, 0.2) is 5.51 Å². The summed E-state index contributed by atoms with van der Waals surface area (Å²) in [7, 11) is 1.98. The Bertz CT molecular complexity index is 234. The molecular weight excluding hydrogens is 273 g/mol. The molecule has 0 aliphatic rings. The second kappa shape index (κ2) is 4.37. The van der Waals surface area contributed by atoms with Crippen molar-refractivity contribution in [2.45, 2.75) is 20.0 Å². The first-order valence-corrected chi connectivity index (χ1v) is 4.12. The van der Waals surface area contributed by atoms with Gasteiger partial charge in [-0.15, -0.1) is 0 Å². The number of aliphatic hydroxyl groups is 1. The van der Waals surface area contributed by atoms with Crippen molar-refractivity contribution in [2.75, 3.05) is 0 Å². The molecule has 0 aliphatic heterocycles. The molecule has 1 atom stereocenters. The molecule has 0 saturated heterocycles. The molecule has 1 rings (SSSR count). The lowest BCUT2D eigenvalue weighted by atomic mass is 10.3. The molecule has 2 nitrogen and oxygen atoms in total. The molecule has 0 saturated carbocycles. The fourth-order valence-corrected chi connectivity index (χ4v) is 1.82. The van der Waals surface area contributed by atoms with Crippen LogP contribution in [-0.2, 0) is 7.05 Å². The number of hydrogen-bond acceptors (Lipinski definition) is 2. The van der Waals surface area contributed by atoms with Gasteiger partial charge in [0, 0.05) is 6.92 Å². The van der Waals surface area contributed by atoms with E-state index in [-0.39, 0.29) is 30.1 Å². The molecule has 0 bridgehead atoms. The summed E-state index contributed by atoms with van der Waals surface area (Å²) >= 11 is 1.60. The van der Waals surface area contributed by atoms with Gasteiger partial charge in [-0.2, -0.15) is 4.57 Å². The first kappa shape index (κ1) is 11.3. The molecule has 0 fully saturated rings. The monoisotopic (exact) mass is 285 g/mol. The number of thiazole rings is 1. The van der Waals surface area contributed by atoms with Crippen molar-refractivity contribution in [1.82, 2.24) is 0 Å². The molecule has 0 radical (unpaired) electrons. The first-order chi connectivity index (χ1) is 4.63. The summed E-state index contributed by atoms with van der Waals surface area (Å²) < 4.78 is 2.02. The fraction of sp³-hybridized carbons (Fsp3) is 0.571. The van der Waals surface area contributed by atoms with Gasteiger partial charge in [-0.1, -0.05) is 11.3 Å². The second-order valence-corrected chi connectivity index (χ2v) is 3.35. The molecule has 1 aromatic heterocycles. The average molecular weight is 285 g/mol. The van der Waals surface area contributed by atoms with Crippen LogP contribution in [0.5, 0.6) is 0 Å². The van der Waals surface area contributed by atoms with Crippen molar-refractivity contribution in [3.63, 3.8) is 0 Å². The predicted octanol–water partition coefficient (Wildman–Crippen LogP) is -2.06. The largest absolute Gasteiger partial charge is 1.00 e. The van der Waals surface area contributed by atoms with Crippen molar-refractivity contribution in [3.8, 4) is 0 Å². The zero-order valence-corrected chi connectivity index (χ0v) is 9.81. The van der Waals surface area contributed by atoms with Gasteiger partial charge in [-0.25, -0.2) is 0 Å². The van der Waals surface area contributed by atoms with Gasteiger partial charge in [0.25, 0.3) is 0 Å². The van der Waals surface area contributed by atoms with E-state index in [4.69, 9.17) is 0 Å². The van der Waals surface area contributed by atoms with Crippen LogP contribution in [0.1, 0.15) is 23.6 Å². The SMILES string of the molecule is Cc1c(C(C)O)sc[n+]1C.[I-]. The minimum absolute atomic E-state index is 0. The molecule has 11 heavy (non-hydrogen) atoms. The lowest BCUT2D eigenvalue weighted by Gasteiger charge is -1.96. The van der Waals surface area contributed by atoms with E-state index in [1.165, 1.54) is 0 Å². The van der Waals surface area contributed by atoms with Crippen molar-refractivity contribution >= 4 is 11.3 Å². The van der Waals surface area contributed by atoms with Gasteiger partial charge in [0.1, 0.15) is 11.9 Å². The minimum atomic E-state index is -0.328. The lowest BCUT2D eigenvalue weighted by molar-refractivity contribution is -0.673. The van der Waals surface area contributed by atoms with Crippen LogP contribution in [0.2, 0.25) is 0 Å². The summed E-state index contributed by atoms with van der Waals surface area (Å²) in [6.45, 7) is 3.80. The number of aromatic nitrogens is 1. The van der Waals surface area contributed by atoms with Crippen molar-refractivity contribution in [3.05, 3.63) is 16.1 Å². The zero-order valence-electron chi connectivity index (χ0n) is 6.84. The highest BCUT2D eigenvalue weighted by molar-refractivity contribution is 7.09. The number of halogens is 1. The Morgan fingerprint density at radius 1 is 1.64 bits per heavy atom. The number of rotatable bonds is 1. The molecule has 1 heterocycles. The van der Waals surface area contributed by atoms with Crippen LogP contribution in [0, 0.1) is 6.92 Å². The normalized spacial score (nSPS) is 12.4. The first-order valence-electron chi connectivity index (χ1n) is 3.24. The van der Waals surface area contributed by atoms with Crippen LogP contribution < -0.4 is 28.5 Å². The van der Waals surface area contributed by atoms with Crippen molar-refractivity contribution in [1.29, 1.82) is 0 Å². The molecule has 0 amide bonds. The molecule has 1 N–H and O–H groups in total. The molecule has 1 unspecified atom stereocenters. The Hall–Kier alpha value is 0.320. The molecule has 64 valence electrons. The second-order valence-electron chi connectivity index (χ2n) is 2.46. The van der Waals surface area contributed by atoms with Crippen LogP contribution in [0.4, 0.5) is 0 Å². The fourth-order valence-electron chi connectivity index (χ4n) is 0.875. The summed E-state index contributed by atoms with van der Waals surface area (Å²) in [6.07, 6.45) is -0.328. The van der Waals surface area contributed by atoms with Gasteiger partial charge in [-0.05, 0) is 6.92 Å². The average Bonchev–Trinajstić information content (AvgIpc) is 2.14. The molecular formula is C7H12INOS. The standard InChI is InChI=1S/C7H12NOS.HI/c1-5-7(6(2)9)10-4-8(5)3;/h4,6,9H,1-3H3;1H/q+1;/p-1. The topological polar surface area (TPSA) is 24.1 Å². The van der Waals surface area contributed by atoms with E-state index < -0.39 is 0 Å². The minimum Gasteiger partial charge on any atom is -1.00 e. The highest BCUT2D eigenvalue weighted by atomic mass is 127. The van der Waals surface area contributed by atoms with Gasteiger partial charge in [-0.3, -0.25) is 0 Å². The van der Waals surface area contributed by atoms with Crippen molar-refractivity contribution in [2.24, 2.45) is 7.05 Å². The van der Waals surface area contributed by atoms with Gasteiger partial charge < -0.3 is 29.1 Å². The highest BCUT2D eigenvalue weighted by Crippen LogP contribution is 2.18. The highest BCUT2D eigenvalue weighted by Gasteiger charge is 2.14. The predicted molar refractivity (Wildman–Crippen MR) is 40.9 cm³/mol. The number of nitrogens with zero attached hydrogens (tertiary/aromatic N) is 1. The Labute approximate surface area is 87.9 Å². The van der Waals surface area contributed by atoms with E-state index in [0.717, 1.165) is 10.6 Å². The zero-order chi connectivity index (χ0) is 7.72. The van der Waals surface area contributed by atoms with Crippen LogP contribution in [-0.4, -0.2) is 5.11 Å². The molecule has 0 spiro atoms. The maximum Gasteiger partial charge on any atom is 0.225 e. The van der Waals surface area contributed by atoms with Gasteiger partial charge in [0.2, 0.25) is 5.51 Å². The lowest BCUT2D eigenvalue weighted by Crippen LogP contribution is -3.00. The Morgan fingerprint density at radius 2 is 2.18 bits per heavy atom. The molecule has 4 heteroatoms. The van der Waals surface area contributed by atoms with Gasteiger partial charge in [0.15, 0.2) is 5.69 Å². The van der Waals surface area contributed by atoms with E-state index in [2.05, 4.69) is 0 Å². The van der Waals surface area contributed by atoms with E-state index in [0.29, 0.717) is 0 Å². The van der Waals surface area contributed by atoms with Gasteiger partial charge in [0.05, 0.1) is 6.10 Å². The van der Waals surface area contributed by atoms with Gasteiger partial charge >= 0.3 is 0 Å². The van der Waals surface area contributed by atoms with E-state index in [1.807, 2.05) is 24.0 Å². The Kier molecular flexibility index (Phi) is 4.50. The summed E-state index contributed by atoms with van der Waals surface area (Å²) in [5, 5.41) is 9.21. The van der Waals surface area contributed by atoms with Crippen molar-refractivity contribution < 1.29 is 33.7 Å².